The van der Waals surface area contributed by atoms with Crippen molar-refractivity contribution in [2.24, 2.45) is 5.92 Å². The maximum absolute atomic E-state index is 12.5. The van der Waals surface area contributed by atoms with Crippen LogP contribution in [0.2, 0.25) is 10.0 Å². The molecule has 1 atom stereocenters. The number of nitrogens with zero attached hydrogens (tertiary/aromatic N) is 5. The summed E-state index contributed by atoms with van der Waals surface area (Å²) in [6.07, 6.45) is 8.85. The van der Waals surface area contributed by atoms with Crippen molar-refractivity contribution in [1.29, 1.82) is 0 Å². The van der Waals surface area contributed by atoms with E-state index < -0.39 is 0 Å². The zero-order chi connectivity index (χ0) is 25.8. The van der Waals surface area contributed by atoms with Crippen LogP contribution in [-0.2, 0) is 13.1 Å². The third-order valence-electron chi connectivity index (χ3n) is 6.35. The van der Waals surface area contributed by atoms with Crippen molar-refractivity contribution in [2.75, 3.05) is 0 Å². The first-order chi connectivity index (χ1) is 18.0. The molecule has 0 bridgehead atoms. The molecule has 1 amide bonds. The number of hydrogen-bond donors (Lipinski definition) is 2. The van der Waals surface area contributed by atoms with Crippen LogP contribution in [0.15, 0.2) is 66.8 Å². The van der Waals surface area contributed by atoms with E-state index in [2.05, 4.69) is 57.2 Å². The number of benzene rings is 2. The molecule has 4 aromatic rings. The fourth-order valence-electron chi connectivity index (χ4n) is 4.18. The Morgan fingerprint density at radius 1 is 1.14 bits per heavy atom. The molecule has 2 heterocycles. The van der Waals surface area contributed by atoms with E-state index in [0.717, 1.165) is 40.9 Å². The average Bonchev–Trinajstić information content (AvgIpc) is 3.60. The van der Waals surface area contributed by atoms with Crippen LogP contribution in [0.5, 0.6) is 0 Å². The first-order valence-electron chi connectivity index (χ1n) is 12.0. The maximum atomic E-state index is 12.5. The summed E-state index contributed by atoms with van der Waals surface area (Å²) in [6.45, 7) is 2.95. The van der Waals surface area contributed by atoms with Crippen molar-refractivity contribution in [2.45, 2.75) is 32.9 Å². The number of amides is 1. The number of nitrogens with one attached hydrogen (secondary N) is 2. The van der Waals surface area contributed by atoms with Crippen LogP contribution < -0.4 is 5.32 Å². The minimum absolute atomic E-state index is 0.201. The van der Waals surface area contributed by atoms with Crippen LogP contribution in [0.4, 0.5) is 0 Å². The molecule has 1 aliphatic rings. The highest BCUT2D eigenvalue weighted by Crippen LogP contribution is 2.32. The molecule has 0 radical (unpaired) electrons. The molecule has 10 heteroatoms. The molecule has 0 aliphatic heterocycles. The number of tetrazole rings is 1. The molecule has 37 heavy (non-hydrogen) atoms. The van der Waals surface area contributed by atoms with Crippen molar-refractivity contribution >= 4 is 34.7 Å². The third-order valence-corrected chi connectivity index (χ3v) is 7.09. The summed E-state index contributed by atoms with van der Waals surface area (Å²) in [5.41, 5.74) is 5.45. The quantitative estimate of drug-likeness (QED) is 0.301. The minimum Gasteiger partial charge on any atom is -0.345 e. The number of halogens is 2. The lowest BCUT2D eigenvalue weighted by Gasteiger charge is -2.15. The van der Waals surface area contributed by atoms with E-state index in [1.807, 2.05) is 28.9 Å². The second kappa shape index (κ2) is 11.1. The fourth-order valence-corrected chi connectivity index (χ4v) is 4.47. The standard InChI is InChI=1S/C27H25Cl2N7O/c1-2-17-3-7-19(8-4-17)25-14-24(21-11-12-22(28)23(29)13-21)33-36(25)16-18-5-9-20(10-6-18)27(37)30-15-26-31-34-35-32-26/h3,5-14,17H,2,4,15-16H2,1H3,(H,30,37)(H,31,32,34,35). The zero-order valence-electron chi connectivity index (χ0n) is 20.2. The maximum Gasteiger partial charge on any atom is 0.251 e. The Balaban J connectivity index is 1.38. The van der Waals surface area contributed by atoms with Gasteiger partial charge in [0.1, 0.15) is 0 Å². The Labute approximate surface area is 224 Å². The molecule has 1 aliphatic carbocycles. The van der Waals surface area contributed by atoms with Crippen LogP contribution in [0.3, 0.4) is 0 Å². The van der Waals surface area contributed by atoms with Gasteiger partial charge in [-0.2, -0.15) is 10.3 Å². The van der Waals surface area contributed by atoms with E-state index in [9.17, 15) is 4.79 Å². The molecule has 0 fully saturated rings. The van der Waals surface area contributed by atoms with Crippen LogP contribution in [0, 0.1) is 5.92 Å². The topological polar surface area (TPSA) is 101 Å². The summed E-state index contributed by atoms with van der Waals surface area (Å²) >= 11 is 12.4. The molecule has 1 unspecified atom stereocenters. The van der Waals surface area contributed by atoms with Crippen molar-refractivity contribution in [3.63, 3.8) is 0 Å². The summed E-state index contributed by atoms with van der Waals surface area (Å²) in [4.78, 5) is 12.5. The van der Waals surface area contributed by atoms with Gasteiger partial charge in [0, 0.05) is 11.1 Å². The highest BCUT2D eigenvalue weighted by atomic mass is 35.5. The summed E-state index contributed by atoms with van der Waals surface area (Å²) in [5.74, 6) is 0.778. The van der Waals surface area contributed by atoms with Crippen molar-refractivity contribution in [3.8, 4) is 11.3 Å². The Morgan fingerprint density at radius 2 is 1.97 bits per heavy atom. The predicted molar refractivity (Wildman–Crippen MR) is 144 cm³/mol. The minimum atomic E-state index is -0.207. The first-order valence-corrected chi connectivity index (χ1v) is 12.8. The molecule has 2 N–H and O–H groups in total. The van der Waals surface area contributed by atoms with Gasteiger partial charge in [-0.15, -0.1) is 10.2 Å². The lowest BCUT2D eigenvalue weighted by Crippen LogP contribution is -2.23. The van der Waals surface area contributed by atoms with E-state index >= 15 is 0 Å². The number of carbonyl (C=O) groups excluding carboxylic acids is 1. The average molecular weight is 534 g/mol. The molecule has 0 saturated carbocycles. The predicted octanol–water partition coefficient (Wildman–Crippen LogP) is 5.72. The second-order valence-corrected chi connectivity index (χ2v) is 9.65. The highest BCUT2D eigenvalue weighted by molar-refractivity contribution is 6.42. The number of carbonyl (C=O) groups is 1. The Bertz CT molecular complexity index is 1460. The van der Waals surface area contributed by atoms with E-state index in [1.54, 1.807) is 18.2 Å². The first kappa shape index (κ1) is 24.9. The number of aromatic amines is 1. The SMILES string of the molecule is CCC1C=CC(c2cc(-c3ccc(Cl)c(Cl)c3)nn2Cc2ccc(C(=O)NCc3nn[nH]n3)cc2)=CC1. The van der Waals surface area contributed by atoms with Crippen molar-refractivity contribution < 1.29 is 4.79 Å². The lowest BCUT2D eigenvalue weighted by molar-refractivity contribution is 0.0950. The number of rotatable bonds is 8. The summed E-state index contributed by atoms with van der Waals surface area (Å²) in [6, 6.07) is 15.1. The fraction of sp³-hybridized carbons (Fsp3) is 0.222. The largest absolute Gasteiger partial charge is 0.345 e. The smallest absolute Gasteiger partial charge is 0.251 e. The van der Waals surface area contributed by atoms with Gasteiger partial charge in [0.05, 0.1) is 34.5 Å². The van der Waals surface area contributed by atoms with Crippen molar-refractivity contribution in [3.05, 3.63) is 99.4 Å². The van der Waals surface area contributed by atoms with Crippen LogP contribution in [0.25, 0.3) is 16.8 Å². The lowest BCUT2D eigenvalue weighted by atomic mass is 9.93. The molecule has 2 aromatic heterocycles. The molecule has 2 aromatic carbocycles. The molecule has 0 spiro atoms. The molecule has 0 saturated heterocycles. The van der Waals surface area contributed by atoms with Gasteiger partial charge in [0.25, 0.3) is 5.91 Å². The van der Waals surface area contributed by atoms with Gasteiger partial charge < -0.3 is 5.32 Å². The summed E-state index contributed by atoms with van der Waals surface area (Å²) in [5, 5.41) is 22.2. The van der Waals surface area contributed by atoms with Gasteiger partial charge in [-0.25, -0.2) is 0 Å². The molecule has 8 nitrogen and oxygen atoms in total. The van der Waals surface area contributed by atoms with Crippen molar-refractivity contribution in [1.82, 2.24) is 35.7 Å². The Morgan fingerprint density at radius 3 is 2.65 bits per heavy atom. The molecule has 5 rings (SSSR count). The van der Waals surface area contributed by atoms with Gasteiger partial charge >= 0.3 is 0 Å². The van der Waals surface area contributed by atoms with Gasteiger partial charge in [0.2, 0.25) is 0 Å². The normalized spacial score (nSPS) is 15.0. The van der Waals surface area contributed by atoms with Crippen LogP contribution in [0.1, 0.15) is 47.2 Å². The summed E-state index contributed by atoms with van der Waals surface area (Å²) < 4.78 is 1.99. The highest BCUT2D eigenvalue weighted by Gasteiger charge is 2.17. The van der Waals surface area contributed by atoms with E-state index in [0.29, 0.717) is 33.9 Å². The van der Waals surface area contributed by atoms with Gasteiger partial charge in [-0.05, 0) is 60.2 Å². The second-order valence-electron chi connectivity index (χ2n) is 8.83. The van der Waals surface area contributed by atoms with Gasteiger partial charge in [-0.3, -0.25) is 9.48 Å². The number of aromatic nitrogens is 6. The zero-order valence-corrected chi connectivity index (χ0v) is 21.7. The monoisotopic (exact) mass is 533 g/mol. The molecular formula is C27H25Cl2N7O. The number of H-pyrrole nitrogens is 1. The van der Waals surface area contributed by atoms with E-state index in [-0.39, 0.29) is 12.5 Å². The Hall–Kier alpha value is -3.75. The third kappa shape index (κ3) is 5.81. The van der Waals surface area contributed by atoms with Gasteiger partial charge in [0.15, 0.2) is 5.82 Å². The van der Waals surface area contributed by atoms with E-state index in [1.165, 1.54) is 0 Å². The molecular weight excluding hydrogens is 509 g/mol. The van der Waals surface area contributed by atoms with Crippen LogP contribution >= 0.6 is 23.2 Å². The number of hydrogen-bond acceptors (Lipinski definition) is 5. The summed E-state index contributed by atoms with van der Waals surface area (Å²) in [7, 11) is 0. The van der Waals surface area contributed by atoms with Gasteiger partial charge in [-0.1, -0.05) is 71.8 Å². The van der Waals surface area contributed by atoms with E-state index in [4.69, 9.17) is 28.3 Å². The molecule has 188 valence electrons. The van der Waals surface area contributed by atoms with Crippen LogP contribution in [-0.4, -0.2) is 36.3 Å². The number of allylic oxidation sites excluding steroid dienone is 4. The Kier molecular flexibility index (Phi) is 7.48.